The Balaban J connectivity index is 1.99. The Morgan fingerprint density at radius 1 is 1.24 bits per heavy atom. The van der Waals surface area contributed by atoms with E-state index in [4.69, 9.17) is 9.72 Å². The minimum atomic E-state index is 0.0369. The molecule has 0 aliphatic rings. The van der Waals surface area contributed by atoms with Crippen molar-refractivity contribution in [3.63, 3.8) is 0 Å². The number of carbonyl (C=O) groups excluding carboxylic acids is 1. The van der Waals surface area contributed by atoms with E-state index in [1.165, 1.54) is 6.92 Å². The van der Waals surface area contributed by atoms with Crippen molar-refractivity contribution in [2.45, 2.75) is 13.3 Å². The second kappa shape index (κ2) is 5.61. The van der Waals surface area contributed by atoms with E-state index in [9.17, 15) is 4.79 Å². The molecule has 0 saturated heterocycles. The van der Waals surface area contributed by atoms with Crippen molar-refractivity contribution in [3.8, 4) is 0 Å². The number of carbonyl (C=O) groups is 1. The average molecular weight is 283 g/mol. The molecular formula is C16H17N3O2. The van der Waals surface area contributed by atoms with Gasteiger partial charge in [0.05, 0.1) is 18.5 Å². The summed E-state index contributed by atoms with van der Waals surface area (Å²) in [6, 6.07) is 8.17. The van der Waals surface area contributed by atoms with Crippen LogP contribution in [0.15, 0.2) is 30.5 Å². The minimum absolute atomic E-state index is 0.0369. The Morgan fingerprint density at radius 3 is 2.76 bits per heavy atom. The van der Waals surface area contributed by atoms with Gasteiger partial charge in [-0.15, -0.1) is 0 Å². The summed E-state index contributed by atoms with van der Waals surface area (Å²) in [5, 5.41) is 7.61. The summed E-state index contributed by atoms with van der Waals surface area (Å²) in [5.74, 6) is 0.0369. The van der Waals surface area contributed by atoms with Crippen LogP contribution >= 0.6 is 0 Å². The molecule has 3 rings (SSSR count). The van der Waals surface area contributed by atoms with E-state index >= 15 is 0 Å². The van der Waals surface area contributed by atoms with Crippen molar-refractivity contribution >= 4 is 27.6 Å². The summed E-state index contributed by atoms with van der Waals surface area (Å²) in [6.07, 6.45) is 2.52. The number of ether oxygens (including phenoxy) is 1. The first-order chi connectivity index (χ1) is 10.2. The smallest absolute Gasteiger partial charge is 0.158 e. The molecule has 1 aromatic carbocycles. The average Bonchev–Trinajstić information content (AvgIpc) is 2.85. The van der Waals surface area contributed by atoms with Crippen molar-refractivity contribution in [2.75, 3.05) is 13.2 Å². The minimum Gasteiger partial charge on any atom is -0.373 e. The van der Waals surface area contributed by atoms with Crippen molar-refractivity contribution in [3.05, 3.63) is 36.2 Å². The first-order valence-corrected chi connectivity index (χ1v) is 6.93. The fourth-order valence-corrected chi connectivity index (χ4v) is 2.49. The highest BCUT2D eigenvalue weighted by Gasteiger charge is 2.11. The molecule has 0 radical (unpaired) electrons. The van der Waals surface area contributed by atoms with Crippen molar-refractivity contribution in [2.24, 2.45) is 7.05 Å². The Morgan fingerprint density at radius 2 is 2.00 bits per heavy atom. The lowest BCUT2D eigenvalue weighted by Gasteiger charge is -2.08. The molecule has 0 aliphatic carbocycles. The summed E-state index contributed by atoms with van der Waals surface area (Å²) in [6.45, 7) is 2.17. The van der Waals surface area contributed by atoms with Crippen LogP contribution in [-0.2, 0) is 23.0 Å². The van der Waals surface area contributed by atoms with E-state index in [1.54, 1.807) is 4.68 Å². The Kier molecular flexibility index (Phi) is 3.66. The summed E-state index contributed by atoms with van der Waals surface area (Å²) in [7, 11) is 1.89. The number of aryl methyl sites for hydroxylation is 1. The summed E-state index contributed by atoms with van der Waals surface area (Å²) in [5.41, 5.74) is 1.85. The third-order valence-electron chi connectivity index (χ3n) is 3.46. The van der Waals surface area contributed by atoms with Crippen LogP contribution in [0.1, 0.15) is 12.6 Å². The van der Waals surface area contributed by atoms with E-state index in [1.807, 2.05) is 25.4 Å². The van der Waals surface area contributed by atoms with Gasteiger partial charge in [0.2, 0.25) is 0 Å². The molecule has 21 heavy (non-hydrogen) atoms. The highest BCUT2D eigenvalue weighted by molar-refractivity contribution is 6.05. The lowest BCUT2D eigenvalue weighted by molar-refractivity contribution is -0.121. The summed E-state index contributed by atoms with van der Waals surface area (Å²) >= 11 is 0. The van der Waals surface area contributed by atoms with Gasteiger partial charge >= 0.3 is 0 Å². The van der Waals surface area contributed by atoms with E-state index in [-0.39, 0.29) is 12.4 Å². The molecule has 5 heteroatoms. The molecule has 0 fully saturated rings. The number of hydrogen-bond donors (Lipinski definition) is 0. The molecule has 0 saturated carbocycles. The van der Waals surface area contributed by atoms with Gasteiger partial charge in [-0.05, 0) is 12.3 Å². The molecule has 5 nitrogen and oxygen atoms in total. The largest absolute Gasteiger partial charge is 0.373 e. The molecule has 0 N–H and O–H groups in total. The zero-order valence-electron chi connectivity index (χ0n) is 12.2. The molecular weight excluding hydrogens is 266 g/mol. The van der Waals surface area contributed by atoms with E-state index in [0.29, 0.717) is 13.0 Å². The van der Waals surface area contributed by atoms with E-state index < -0.39 is 0 Å². The second-order valence-corrected chi connectivity index (χ2v) is 5.11. The Hall–Kier alpha value is -2.27. The number of pyridine rings is 1. The van der Waals surface area contributed by atoms with Gasteiger partial charge in [-0.25, -0.2) is 4.98 Å². The SMILES string of the molecule is CC(=O)COCCc1nc2c(cnn2C)c2ccccc12. The standard InChI is InChI=1S/C16H17N3O2/c1-11(20)10-21-8-7-15-13-6-4-3-5-12(13)14-9-17-19(2)16(14)18-15/h3-6,9H,7-8,10H2,1-2H3. The molecule has 2 aromatic heterocycles. The van der Waals surface area contributed by atoms with Crippen molar-refractivity contribution in [1.82, 2.24) is 14.8 Å². The maximum Gasteiger partial charge on any atom is 0.158 e. The molecule has 2 heterocycles. The van der Waals surface area contributed by atoms with Gasteiger partial charge in [-0.1, -0.05) is 24.3 Å². The quantitative estimate of drug-likeness (QED) is 0.674. The number of rotatable bonds is 5. The highest BCUT2D eigenvalue weighted by Crippen LogP contribution is 2.26. The first kappa shape index (κ1) is 13.7. The summed E-state index contributed by atoms with van der Waals surface area (Å²) in [4.78, 5) is 15.6. The Bertz CT molecular complexity index is 808. The van der Waals surface area contributed by atoms with Crippen LogP contribution in [0.4, 0.5) is 0 Å². The van der Waals surface area contributed by atoms with Crippen LogP contribution in [0, 0.1) is 0 Å². The van der Waals surface area contributed by atoms with E-state index in [2.05, 4.69) is 17.2 Å². The molecule has 0 bridgehead atoms. The van der Waals surface area contributed by atoms with Crippen LogP contribution in [0.2, 0.25) is 0 Å². The zero-order chi connectivity index (χ0) is 14.8. The van der Waals surface area contributed by atoms with Gasteiger partial charge in [0, 0.05) is 24.2 Å². The van der Waals surface area contributed by atoms with Crippen LogP contribution in [0.3, 0.4) is 0 Å². The molecule has 0 unspecified atom stereocenters. The first-order valence-electron chi connectivity index (χ1n) is 6.93. The summed E-state index contributed by atoms with van der Waals surface area (Å²) < 4.78 is 7.14. The predicted molar refractivity (Wildman–Crippen MR) is 81.2 cm³/mol. The van der Waals surface area contributed by atoms with Gasteiger partial charge < -0.3 is 4.74 Å². The Labute approximate surface area is 122 Å². The molecule has 108 valence electrons. The normalized spacial score (nSPS) is 11.3. The number of hydrogen-bond acceptors (Lipinski definition) is 4. The molecule has 0 atom stereocenters. The van der Waals surface area contributed by atoms with Gasteiger partial charge in [-0.2, -0.15) is 5.10 Å². The zero-order valence-corrected chi connectivity index (χ0v) is 12.2. The van der Waals surface area contributed by atoms with Gasteiger partial charge in [0.15, 0.2) is 11.4 Å². The lowest BCUT2D eigenvalue weighted by atomic mass is 10.1. The van der Waals surface area contributed by atoms with Crippen molar-refractivity contribution in [1.29, 1.82) is 0 Å². The fourth-order valence-electron chi connectivity index (χ4n) is 2.49. The fraction of sp³-hybridized carbons (Fsp3) is 0.312. The third-order valence-corrected chi connectivity index (χ3v) is 3.46. The van der Waals surface area contributed by atoms with E-state index in [0.717, 1.165) is 27.5 Å². The number of ketones is 1. The number of Topliss-reactive ketones (excluding diaryl/α,β-unsaturated/α-hetero) is 1. The van der Waals surface area contributed by atoms with Crippen LogP contribution in [0.25, 0.3) is 21.8 Å². The number of benzene rings is 1. The lowest BCUT2D eigenvalue weighted by Crippen LogP contribution is -2.08. The predicted octanol–water partition coefficient (Wildman–Crippen LogP) is 2.27. The highest BCUT2D eigenvalue weighted by atomic mass is 16.5. The number of aromatic nitrogens is 3. The molecule has 0 aliphatic heterocycles. The topological polar surface area (TPSA) is 57.0 Å². The third kappa shape index (κ3) is 2.64. The molecule has 3 aromatic rings. The number of fused-ring (bicyclic) bond motifs is 3. The second-order valence-electron chi connectivity index (χ2n) is 5.11. The van der Waals surface area contributed by atoms with Crippen LogP contribution in [0.5, 0.6) is 0 Å². The van der Waals surface area contributed by atoms with Crippen LogP contribution in [-0.4, -0.2) is 33.8 Å². The van der Waals surface area contributed by atoms with Gasteiger partial charge in [0.25, 0.3) is 0 Å². The van der Waals surface area contributed by atoms with Gasteiger partial charge in [-0.3, -0.25) is 9.48 Å². The monoisotopic (exact) mass is 283 g/mol. The van der Waals surface area contributed by atoms with Crippen molar-refractivity contribution < 1.29 is 9.53 Å². The molecule has 0 spiro atoms. The maximum absolute atomic E-state index is 10.9. The number of nitrogens with zero attached hydrogens (tertiary/aromatic N) is 3. The maximum atomic E-state index is 10.9. The van der Waals surface area contributed by atoms with Crippen LogP contribution < -0.4 is 0 Å². The van der Waals surface area contributed by atoms with Gasteiger partial charge in [0.1, 0.15) is 6.61 Å². The molecule has 0 amide bonds.